The molecule has 5 rings (SSSR count). The van der Waals surface area contributed by atoms with Gasteiger partial charge >= 0.3 is 0 Å². The number of benzene rings is 3. The van der Waals surface area contributed by atoms with Crippen LogP contribution in [0.5, 0.6) is 0 Å². The summed E-state index contributed by atoms with van der Waals surface area (Å²) in [6, 6.07) is 19.4. The fraction of sp³-hybridized carbons (Fsp3) is 0.111. The SMILES string of the molecule is Cc1ccc(-c2[nH][nH]c(=O)c2C(c2ccc(Cl)c([N+](=O)[O-])c2)c2c(-c3ccc(C)cc3)[nH][nH]c2=O)cc1. The number of aromatic amines is 4. The van der Waals surface area contributed by atoms with Gasteiger partial charge in [0.25, 0.3) is 16.8 Å². The maximum atomic E-state index is 13.3. The molecular formula is C27H22ClN5O4. The fourth-order valence-electron chi connectivity index (χ4n) is 4.51. The summed E-state index contributed by atoms with van der Waals surface area (Å²) in [5.74, 6) is -0.964. The molecule has 0 unspecified atom stereocenters. The van der Waals surface area contributed by atoms with Crippen molar-refractivity contribution in [3.05, 3.63) is 130 Å². The second kappa shape index (κ2) is 9.44. The molecule has 0 spiro atoms. The van der Waals surface area contributed by atoms with Crippen LogP contribution < -0.4 is 11.1 Å². The summed E-state index contributed by atoms with van der Waals surface area (Å²) < 4.78 is 0. The predicted molar refractivity (Wildman–Crippen MR) is 142 cm³/mol. The molecule has 3 aromatic carbocycles. The van der Waals surface area contributed by atoms with Crippen molar-refractivity contribution in [3.8, 4) is 22.5 Å². The first-order valence-corrected chi connectivity index (χ1v) is 11.8. The van der Waals surface area contributed by atoms with Gasteiger partial charge in [-0.25, -0.2) is 0 Å². The molecule has 0 aliphatic heterocycles. The summed E-state index contributed by atoms with van der Waals surface area (Å²) in [5.41, 5.74) is 4.11. The van der Waals surface area contributed by atoms with Crippen molar-refractivity contribution in [2.75, 3.05) is 0 Å². The lowest BCUT2D eigenvalue weighted by atomic mass is 9.83. The number of nitrogens with zero attached hydrogens (tertiary/aromatic N) is 1. The molecule has 4 N–H and O–H groups in total. The quantitative estimate of drug-likeness (QED) is 0.177. The maximum Gasteiger partial charge on any atom is 0.288 e. The Hall–Kier alpha value is -4.63. The van der Waals surface area contributed by atoms with Crippen molar-refractivity contribution in [3.63, 3.8) is 0 Å². The number of aryl methyl sites for hydroxylation is 2. The van der Waals surface area contributed by atoms with Gasteiger partial charge in [0.15, 0.2) is 0 Å². The van der Waals surface area contributed by atoms with Gasteiger partial charge in [0, 0.05) is 12.0 Å². The van der Waals surface area contributed by atoms with E-state index in [0.29, 0.717) is 17.0 Å². The molecule has 0 aliphatic carbocycles. The Balaban J connectivity index is 1.83. The number of H-pyrrole nitrogens is 4. The van der Waals surface area contributed by atoms with E-state index in [1.165, 1.54) is 12.1 Å². The Morgan fingerprint density at radius 3 is 1.62 bits per heavy atom. The molecule has 0 saturated carbocycles. The molecule has 186 valence electrons. The van der Waals surface area contributed by atoms with Crippen LogP contribution >= 0.6 is 11.6 Å². The van der Waals surface area contributed by atoms with Gasteiger partial charge in [-0.2, -0.15) is 0 Å². The van der Waals surface area contributed by atoms with E-state index < -0.39 is 22.0 Å². The van der Waals surface area contributed by atoms with Crippen LogP contribution in [0.3, 0.4) is 0 Å². The molecule has 0 aliphatic rings. The smallest absolute Gasteiger partial charge is 0.288 e. The molecule has 2 heterocycles. The minimum atomic E-state index is -0.964. The highest BCUT2D eigenvalue weighted by molar-refractivity contribution is 6.32. The highest BCUT2D eigenvalue weighted by Crippen LogP contribution is 2.39. The minimum absolute atomic E-state index is 0.0454. The molecule has 9 nitrogen and oxygen atoms in total. The van der Waals surface area contributed by atoms with Gasteiger partial charge in [-0.15, -0.1) is 0 Å². The Kier molecular flexibility index (Phi) is 6.14. The number of nitro benzene ring substituents is 1. The third-order valence-corrected chi connectivity index (χ3v) is 6.71. The maximum absolute atomic E-state index is 13.3. The van der Waals surface area contributed by atoms with Crippen LogP contribution in [0.1, 0.15) is 33.7 Å². The molecule has 0 radical (unpaired) electrons. The van der Waals surface area contributed by atoms with Crippen molar-refractivity contribution in [2.24, 2.45) is 0 Å². The third kappa shape index (κ3) is 4.41. The number of nitrogens with one attached hydrogen (secondary N) is 4. The van der Waals surface area contributed by atoms with Crippen molar-refractivity contribution in [2.45, 2.75) is 19.8 Å². The number of aromatic nitrogens is 4. The Morgan fingerprint density at radius 2 is 1.19 bits per heavy atom. The lowest BCUT2D eigenvalue weighted by Crippen LogP contribution is -2.20. The number of hydrogen-bond donors (Lipinski definition) is 4. The average molecular weight is 516 g/mol. The zero-order chi connectivity index (χ0) is 26.3. The number of halogens is 1. The largest absolute Gasteiger partial charge is 0.297 e. The summed E-state index contributed by atoms with van der Waals surface area (Å²) in [6.45, 7) is 3.90. The first kappa shape index (κ1) is 24.1. The lowest BCUT2D eigenvalue weighted by Gasteiger charge is -2.18. The van der Waals surface area contributed by atoms with E-state index >= 15 is 0 Å². The van der Waals surface area contributed by atoms with E-state index in [1.807, 2.05) is 62.4 Å². The van der Waals surface area contributed by atoms with Crippen molar-refractivity contribution in [1.82, 2.24) is 20.4 Å². The van der Waals surface area contributed by atoms with E-state index in [4.69, 9.17) is 11.6 Å². The molecule has 5 aromatic rings. The number of nitro groups is 1. The third-order valence-electron chi connectivity index (χ3n) is 6.39. The van der Waals surface area contributed by atoms with Gasteiger partial charge < -0.3 is 0 Å². The van der Waals surface area contributed by atoms with Gasteiger partial charge in [0.2, 0.25) is 0 Å². The van der Waals surface area contributed by atoms with E-state index in [9.17, 15) is 19.7 Å². The monoisotopic (exact) mass is 515 g/mol. The summed E-state index contributed by atoms with van der Waals surface area (Å²) in [5, 5.41) is 22.8. The highest BCUT2D eigenvalue weighted by atomic mass is 35.5. The first-order valence-electron chi connectivity index (χ1n) is 11.4. The topological polar surface area (TPSA) is 140 Å². The number of hydrogen-bond acceptors (Lipinski definition) is 4. The Morgan fingerprint density at radius 1 is 0.730 bits per heavy atom. The van der Waals surface area contributed by atoms with Gasteiger partial charge in [-0.05, 0) is 36.6 Å². The van der Waals surface area contributed by atoms with Gasteiger partial charge in [-0.1, -0.05) is 77.3 Å². The van der Waals surface area contributed by atoms with Crippen molar-refractivity contribution in [1.29, 1.82) is 0 Å². The van der Waals surface area contributed by atoms with Crippen LogP contribution in [-0.4, -0.2) is 25.3 Å². The van der Waals surface area contributed by atoms with Crippen molar-refractivity contribution >= 4 is 17.3 Å². The summed E-state index contributed by atoms with van der Waals surface area (Å²) >= 11 is 6.10. The Bertz CT molecular complexity index is 1630. The van der Waals surface area contributed by atoms with E-state index in [2.05, 4.69) is 20.4 Å². The van der Waals surface area contributed by atoms with Crippen LogP contribution in [0, 0.1) is 24.0 Å². The van der Waals surface area contributed by atoms with Crippen LogP contribution in [-0.2, 0) is 0 Å². The van der Waals surface area contributed by atoms with Crippen molar-refractivity contribution < 1.29 is 4.92 Å². The predicted octanol–water partition coefficient (Wildman–Crippen LogP) is 5.41. The standard InChI is InChI=1S/C27H22ClN5O4/c1-14-3-7-16(8-4-14)24-22(26(34)31-29-24)21(18-11-12-19(28)20(13-18)33(36)37)23-25(30-32-27(23)35)17-9-5-15(2)6-10-17/h3-13,21H,1-2H3,(H2,29,31,34)(H2,30,32,35). The zero-order valence-electron chi connectivity index (χ0n) is 19.9. The molecular weight excluding hydrogens is 494 g/mol. The van der Waals surface area contributed by atoms with Crippen LogP contribution in [0.15, 0.2) is 76.3 Å². The normalized spacial score (nSPS) is 11.2. The molecule has 0 fully saturated rings. The summed E-state index contributed by atoms with van der Waals surface area (Å²) in [7, 11) is 0. The molecule has 37 heavy (non-hydrogen) atoms. The lowest BCUT2D eigenvalue weighted by molar-refractivity contribution is -0.384. The Labute approximate surface area is 215 Å². The molecule has 0 amide bonds. The first-order chi connectivity index (χ1) is 17.7. The second-order valence-corrected chi connectivity index (χ2v) is 9.28. The highest BCUT2D eigenvalue weighted by Gasteiger charge is 2.32. The molecule has 2 aromatic heterocycles. The van der Waals surface area contributed by atoms with E-state index in [1.54, 1.807) is 6.07 Å². The fourth-order valence-corrected chi connectivity index (χ4v) is 4.69. The molecule has 0 atom stereocenters. The van der Waals surface area contributed by atoms with Gasteiger partial charge in [0.1, 0.15) is 5.02 Å². The summed E-state index contributed by atoms with van der Waals surface area (Å²) in [6.07, 6.45) is 0. The minimum Gasteiger partial charge on any atom is -0.297 e. The second-order valence-electron chi connectivity index (χ2n) is 8.87. The van der Waals surface area contributed by atoms with Crippen LogP contribution in [0.2, 0.25) is 5.02 Å². The number of rotatable bonds is 6. The molecule has 10 heteroatoms. The van der Waals surface area contributed by atoms with E-state index in [-0.39, 0.29) is 21.8 Å². The summed E-state index contributed by atoms with van der Waals surface area (Å²) in [4.78, 5) is 37.7. The van der Waals surface area contributed by atoms with Crippen LogP contribution in [0.25, 0.3) is 22.5 Å². The molecule has 0 saturated heterocycles. The molecule has 0 bridgehead atoms. The van der Waals surface area contributed by atoms with Gasteiger partial charge in [-0.3, -0.25) is 40.1 Å². The average Bonchev–Trinajstić information content (AvgIpc) is 3.44. The van der Waals surface area contributed by atoms with Gasteiger partial charge in [0.05, 0.1) is 27.4 Å². The van der Waals surface area contributed by atoms with E-state index in [0.717, 1.165) is 22.3 Å². The zero-order valence-corrected chi connectivity index (χ0v) is 20.6. The van der Waals surface area contributed by atoms with Crippen LogP contribution in [0.4, 0.5) is 5.69 Å².